The van der Waals surface area contributed by atoms with E-state index in [4.69, 9.17) is 5.73 Å². The Morgan fingerprint density at radius 3 is 2.95 bits per heavy atom. The van der Waals surface area contributed by atoms with Crippen molar-refractivity contribution in [3.8, 4) is 5.75 Å². The molecular weight excluding hydrogens is 255 g/mol. The largest absolute Gasteiger partial charge is 0.508 e. The molecule has 0 radical (unpaired) electrons. The Bertz CT molecular complexity index is 642. The summed E-state index contributed by atoms with van der Waals surface area (Å²) < 4.78 is 13.3. The summed E-state index contributed by atoms with van der Waals surface area (Å²) in [7, 11) is 0. The number of phenols is 1. The molecule has 3 N–H and O–H groups in total. The van der Waals surface area contributed by atoms with Crippen LogP contribution in [0.1, 0.15) is 16.7 Å². The van der Waals surface area contributed by atoms with Crippen LogP contribution in [-0.2, 0) is 19.5 Å². The minimum atomic E-state index is -0.324. The van der Waals surface area contributed by atoms with E-state index in [1.807, 2.05) is 12.1 Å². The zero-order valence-electron chi connectivity index (χ0n) is 11.1. The molecule has 0 saturated carbocycles. The van der Waals surface area contributed by atoms with Crippen LogP contribution in [0.3, 0.4) is 0 Å². The highest BCUT2D eigenvalue weighted by atomic mass is 19.1. The first-order chi connectivity index (χ1) is 9.63. The number of nitrogens with zero attached hydrogens (tertiary/aromatic N) is 1. The molecule has 0 atom stereocenters. The topological polar surface area (TPSA) is 49.5 Å². The minimum Gasteiger partial charge on any atom is -0.508 e. The Morgan fingerprint density at radius 2 is 2.10 bits per heavy atom. The van der Waals surface area contributed by atoms with Gasteiger partial charge in [0.25, 0.3) is 0 Å². The second-order valence-electron chi connectivity index (χ2n) is 5.22. The zero-order chi connectivity index (χ0) is 14.1. The molecule has 0 unspecified atom stereocenters. The Labute approximate surface area is 117 Å². The van der Waals surface area contributed by atoms with E-state index in [0.29, 0.717) is 12.1 Å². The Hall–Kier alpha value is -2.07. The van der Waals surface area contributed by atoms with Gasteiger partial charge in [-0.25, -0.2) is 4.39 Å². The highest BCUT2D eigenvalue weighted by molar-refractivity contribution is 5.51. The number of hydrogen-bond acceptors (Lipinski definition) is 3. The standard InChI is InChI=1S/C16H17FN2O/c17-13-4-5-16(20)12(8-13)9-19-7-6-11-2-1-3-15(18)14(11)10-19/h1-5,8,20H,6-7,9-10,18H2. The lowest BCUT2D eigenvalue weighted by Gasteiger charge is -2.29. The summed E-state index contributed by atoms with van der Waals surface area (Å²) in [4.78, 5) is 2.17. The van der Waals surface area contributed by atoms with Crippen LogP contribution in [0.2, 0.25) is 0 Å². The zero-order valence-corrected chi connectivity index (χ0v) is 11.1. The van der Waals surface area contributed by atoms with Crippen LogP contribution in [-0.4, -0.2) is 16.6 Å². The average molecular weight is 272 g/mol. The molecule has 1 aliphatic rings. The number of hydrogen-bond donors (Lipinski definition) is 2. The number of phenolic OH excluding ortho intramolecular Hbond substituents is 1. The third-order valence-electron chi connectivity index (χ3n) is 3.82. The molecular formula is C16H17FN2O. The van der Waals surface area contributed by atoms with Gasteiger partial charge in [-0.3, -0.25) is 4.90 Å². The van der Waals surface area contributed by atoms with E-state index >= 15 is 0 Å². The molecule has 0 aliphatic carbocycles. The van der Waals surface area contributed by atoms with Gasteiger partial charge in [0.05, 0.1) is 0 Å². The summed E-state index contributed by atoms with van der Waals surface area (Å²) in [5.41, 5.74) is 9.86. The first-order valence-electron chi connectivity index (χ1n) is 6.69. The van der Waals surface area contributed by atoms with Crippen LogP contribution in [0.25, 0.3) is 0 Å². The maximum Gasteiger partial charge on any atom is 0.123 e. The molecule has 0 amide bonds. The van der Waals surface area contributed by atoms with E-state index in [2.05, 4.69) is 11.0 Å². The summed E-state index contributed by atoms with van der Waals surface area (Å²) >= 11 is 0. The van der Waals surface area contributed by atoms with E-state index in [-0.39, 0.29) is 11.6 Å². The third-order valence-corrected chi connectivity index (χ3v) is 3.82. The van der Waals surface area contributed by atoms with Gasteiger partial charge in [-0.1, -0.05) is 12.1 Å². The fourth-order valence-electron chi connectivity index (χ4n) is 2.72. The number of nitrogen functional groups attached to an aromatic ring is 1. The maximum absolute atomic E-state index is 13.3. The van der Waals surface area contributed by atoms with Crippen molar-refractivity contribution in [3.05, 3.63) is 58.9 Å². The molecule has 1 aliphatic heterocycles. The lowest BCUT2D eigenvalue weighted by Crippen LogP contribution is -2.30. The van der Waals surface area contributed by atoms with Crippen molar-refractivity contribution in [1.29, 1.82) is 0 Å². The number of benzene rings is 2. The van der Waals surface area contributed by atoms with Gasteiger partial charge < -0.3 is 10.8 Å². The molecule has 0 spiro atoms. The summed E-state index contributed by atoms with van der Waals surface area (Å²) in [6.45, 7) is 2.14. The molecule has 104 valence electrons. The monoisotopic (exact) mass is 272 g/mol. The molecule has 2 aromatic carbocycles. The molecule has 3 rings (SSSR count). The summed E-state index contributed by atoms with van der Waals surface area (Å²) in [5.74, 6) is -0.187. The predicted octanol–water partition coefficient (Wildman–Crippen LogP) is 2.67. The second kappa shape index (κ2) is 5.13. The average Bonchev–Trinajstić information content (AvgIpc) is 2.44. The van der Waals surface area contributed by atoms with Gasteiger partial charge in [0, 0.05) is 30.9 Å². The fourth-order valence-corrected chi connectivity index (χ4v) is 2.72. The number of nitrogens with two attached hydrogens (primary N) is 1. The van der Waals surface area contributed by atoms with E-state index in [0.717, 1.165) is 30.8 Å². The first kappa shape index (κ1) is 12.9. The van der Waals surface area contributed by atoms with E-state index in [1.54, 1.807) is 0 Å². The molecule has 2 aromatic rings. The third kappa shape index (κ3) is 2.47. The van der Waals surface area contributed by atoms with Gasteiger partial charge in [-0.05, 0) is 41.8 Å². The van der Waals surface area contributed by atoms with Crippen molar-refractivity contribution in [2.75, 3.05) is 12.3 Å². The Morgan fingerprint density at radius 1 is 1.25 bits per heavy atom. The van der Waals surface area contributed by atoms with Gasteiger partial charge in [0.2, 0.25) is 0 Å². The Kier molecular flexibility index (Phi) is 3.32. The van der Waals surface area contributed by atoms with E-state index in [1.165, 1.54) is 23.8 Å². The summed E-state index contributed by atoms with van der Waals surface area (Å²) in [6.07, 6.45) is 0.927. The molecule has 3 nitrogen and oxygen atoms in total. The molecule has 4 heteroatoms. The molecule has 0 bridgehead atoms. The van der Waals surface area contributed by atoms with Gasteiger partial charge in [-0.2, -0.15) is 0 Å². The lowest BCUT2D eigenvalue weighted by molar-refractivity contribution is 0.242. The van der Waals surface area contributed by atoms with Crippen molar-refractivity contribution in [2.45, 2.75) is 19.5 Å². The summed E-state index contributed by atoms with van der Waals surface area (Å²) in [6, 6.07) is 10.0. The van der Waals surface area contributed by atoms with E-state index < -0.39 is 0 Å². The van der Waals surface area contributed by atoms with Gasteiger partial charge >= 0.3 is 0 Å². The number of rotatable bonds is 2. The number of aromatic hydroxyl groups is 1. The highest BCUT2D eigenvalue weighted by Gasteiger charge is 2.19. The molecule has 0 aromatic heterocycles. The molecule has 1 heterocycles. The highest BCUT2D eigenvalue weighted by Crippen LogP contribution is 2.27. The van der Waals surface area contributed by atoms with Crippen molar-refractivity contribution < 1.29 is 9.50 Å². The van der Waals surface area contributed by atoms with Crippen molar-refractivity contribution >= 4 is 5.69 Å². The van der Waals surface area contributed by atoms with E-state index in [9.17, 15) is 9.50 Å². The van der Waals surface area contributed by atoms with Crippen molar-refractivity contribution in [3.63, 3.8) is 0 Å². The second-order valence-corrected chi connectivity index (χ2v) is 5.22. The SMILES string of the molecule is Nc1cccc2c1CN(Cc1cc(F)ccc1O)CC2. The quantitative estimate of drug-likeness (QED) is 0.826. The maximum atomic E-state index is 13.3. The minimum absolute atomic E-state index is 0.137. The van der Waals surface area contributed by atoms with Gasteiger partial charge in [0.15, 0.2) is 0 Å². The summed E-state index contributed by atoms with van der Waals surface area (Å²) in [5, 5.41) is 9.80. The molecule has 20 heavy (non-hydrogen) atoms. The van der Waals surface area contributed by atoms with Gasteiger partial charge in [-0.15, -0.1) is 0 Å². The van der Waals surface area contributed by atoms with Gasteiger partial charge in [0.1, 0.15) is 11.6 Å². The van der Waals surface area contributed by atoms with Crippen LogP contribution in [0, 0.1) is 5.82 Å². The smallest absolute Gasteiger partial charge is 0.123 e. The predicted molar refractivity (Wildman–Crippen MR) is 76.7 cm³/mol. The molecule has 0 saturated heterocycles. The van der Waals surface area contributed by atoms with Crippen LogP contribution in [0.15, 0.2) is 36.4 Å². The van der Waals surface area contributed by atoms with Crippen molar-refractivity contribution in [1.82, 2.24) is 4.90 Å². The van der Waals surface area contributed by atoms with Crippen LogP contribution in [0.4, 0.5) is 10.1 Å². The normalized spacial score (nSPS) is 15.1. The fraction of sp³-hybridized carbons (Fsp3) is 0.250. The lowest BCUT2D eigenvalue weighted by atomic mass is 9.97. The number of fused-ring (bicyclic) bond motifs is 1. The number of halogens is 1. The first-order valence-corrected chi connectivity index (χ1v) is 6.69. The van der Waals surface area contributed by atoms with Crippen LogP contribution >= 0.6 is 0 Å². The van der Waals surface area contributed by atoms with Crippen molar-refractivity contribution in [2.24, 2.45) is 0 Å². The number of anilines is 1. The van der Waals surface area contributed by atoms with Crippen LogP contribution < -0.4 is 5.73 Å². The Balaban J connectivity index is 1.81. The van der Waals surface area contributed by atoms with Crippen LogP contribution in [0.5, 0.6) is 5.75 Å². The molecule has 0 fully saturated rings.